The summed E-state index contributed by atoms with van der Waals surface area (Å²) in [6.45, 7) is 11.5. The summed E-state index contributed by atoms with van der Waals surface area (Å²) in [7, 11) is 0. The van der Waals surface area contributed by atoms with Crippen molar-refractivity contribution < 1.29 is 9.53 Å². The van der Waals surface area contributed by atoms with Crippen molar-refractivity contribution in [1.82, 2.24) is 14.7 Å². The number of likely N-dealkylation sites (tertiary alicyclic amines) is 1. The third kappa shape index (κ3) is 2.65. The summed E-state index contributed by atoms with van der Waals surface area (Å²) in [5.74, 6) is 0. The summed E-state index contributed by atoms with van der Waals surface area (Å²) in [5, 5.41) is 4.57. The monoisotopic (exact) mass is 291 g/mol. The quantitative estimate of drug-likeness (QED) is 0.799. The van der Waals surface area contributed by atoms with Crippen molar-refractivity contribution in [2.24, 2.45) is 5.41 Å². The summed E-state index contributed by atoms with van der Waals surface area (Å²) in [6, 6.07) is 2.62. The van der Waals surface area contributed by atoms with Gasteiger partial charge >= 0.3 is 6.09 Å². The SMILES string of the molecule is Cc1cc(C)n(C2CC3(C2)CN(C(=O)OC(C)(C)C)C3)n1. The van der Waals surface area contributed by atoms with Gasteiger partial charge in [-0.15, -0.1) is 0 Å². The van der Waals surface area contributed by atoms with E-state index < -0.39 is 5.60 Å². The van der Waals surface area contributed by atoms with Crippen molar-refractivity contribution in [3.63, 3.8) is 0 Å². The second-order valence-electron chi connectivity index (χ2n) is 7.77. The Kier molecular flexibility index (Phi) is 3.08. The molecule has 0 unspecified atom stereocenters. The molecule has 0 atom stereocenters. The zero-order valence-corrected chi connectivity index (χ0v) is 13.6. The van der Waals surface area contributed by atoms with Crippen LogP contribution < -0.4 is 0 Å². The number of aryl methyl sites for hydroxylation is 2. The number of carbonyl (C=O) groups excluding carboxylic acids is 1. The van der Waals surface area contributed by atoms with E-state index in [0.29, 0.717) is 11.5 Å². The van der Waals surface area contributed by atoms with Gasteiger partial charge in [0, 0.05) is 24.2 Å². The van der Waals surface area contributed by atoms with Gasteiger partial charge in [-0.05, 0) is 53.5 Å². The molecule has 2 fully saturated rings. The summed E-state index contributed by atoms with van der Waals surface area (Å²) in [6.07, 6.45) is 2.06. The highest BCUT2D eigenvalue weighted by atomic mass is 16.6. The van der Waals surface area contributed by atoms with Gasteiger partial charge in [0.1, 0.15) is 5.60 Å². The molecule has 1 saturated carbocycles. The van der Waals surface area contributed by atoms with Crippen LogP contribution in [0.2, 0.25) is 0 Å². The topological polar surface area (TPSA) is 47.4 Å². The molecule has 21 heavy (non-hydrogen) atoms. The molecule has 0 radical (unpaired) electrons. The lowest BCUT2D eigenvalue weighted by atomic mass is 9.61. The lowest BCUT2D eigenvalue weighted by Gasteiger charge is -2.58. The summed E-state index contributed by atoms with van der Waals surface area (Å²) < 4.78 is 7.56. The number of nitrogens with zero attached hydrogens (tertiary/aromatic N) is 3. The molecule has 1 amide bonds. The van der Waals surface area contributed by atoms with E-state index in [4.69, 9.17) is 4.74 Å². The maximum Gasteiger partial charge on any atom is 0.410 e. The molecule has 2 heterocycles. The van der Waals surface area contributed by atoms with Crippen LogP contribution in [0.4, 0.5) is 4.79 Å². The lowest BCUT2D eigenvalue weighted by molar-refractivity contribution is -0.0931. The van der Waals surface area contributed by atoms with Gasteiger partial charge in [-0.25, -0.2) is 4.79 Å². The molecule has 5 nitrogen and oxygen atoms in total. The zero-order valence-electron chi connectivity index (χ0n) is 13.6. The standard InChI is InChI=1S/C16H25N3O2/c1-11-6-12(2)19(17-11)13-7-16(8-13)9-18(10-16)14(20)21-15(3,4)5/h6,13H,7-10H2,1-5H3. The summed E-state index contributed by atoms with van der Waals surface area (Å²) in [5.41, 5.74) is 2.22. The van der Waals surface area contributed by atoms with Gasteiger partial charge in [-0.1, -0.05) is 0 Å². The fourth-order valence-corrected chi connectivity index (χ4v) is 3.61. The van der Waals surface area contributed by atoms with E-state index >= 15 is 0 Å². The number of rotatable bonds is 1. The van der Waals surface area contributed by atoms with E-state index in [9.17, 15) is 4.79 Å². The zero-order chi connectivity index (χ0) is 15.4. The van der Waals surface area contributed by atoms with Crippen LogP contribution in [-0.2, 0) is 4.74 Å². The number of hydrogen-bond donors (Lipinski definition) is 0. The van der Waals surface area contributed by atoms with Crippen molar-refractivity contribution in [2.45, 2.75) is 59.1 Å². The Bertz CT molecular complexity index is 557. The molecule has 1 spiro atoms. The normalized spacial score (nSPS) is 21.1. The molecule has 0 aromatic carbocycles. The minimum absolute atomic E-state index is 0.178. The lowest BCUT2D eigenvalue weighted by Crippen LogP contribution is -2.64. The Morgan fingerprint density at radius 3 is 2.43 bits per heavy atom. The molecule has 2 aliphatic rings. The number of aromatic nitrogens is 2. The van der Waals surface area contributed by atoms with Crippen LogP contribution in [0.25, 0.3) is 0 Å². The van der Waals surface area contributed by atoms with Gasteiger partial charge in [0.2, 0.25) is 0 Å². The molecule has 0 N–H and O–H groups in total. The number of carbonyl (C=O) groups is 1. The van der Waals surface area contributed by atoms with Crippen LogP contribution in [0.15, 0.2) is 6.07 Å². The van der Waals surface area contributed by atoms with Crippen LogP contribution in [0.1, 0.15) is 51.0 Å². The fourth-order valence-electron chi connectivity index (χ4n) is 3.61. The number of ether oxygens (including phenoxy) is 1. The highest BCUT2D eigenvalue weighted by molar-refractivity contribution is 5.69. The Hall–Kier alpha value is -1.52. The Morgan fingerprint density at radius 2 is 1.95 bits per heavy atom. The molecule has 1 saturated heterocycles. The van der Waals surface area contributed by atoms with E-state index in [1.54, 1.807) is 0 Å². The Balaban J connectivity index is 1.52. The first-order chi connectivity index (χ1) is 9.67. The average molecular weight is 291 g/mol. The van der Waals surface area contributed by atoms with E-state index in [1.807, 2.05) is 32.6 Å². The van der Waals surface area contributed by atoms with Gasteiger partial charge in [0.25, 0.3) is 0 Å². The Labute approximate surface area is 126 Å². The molecule has 1 aromatic heterocycles. The van der Waals surface area contributed by atoms with Gasteiger partial charge in [0.05, 0.1) is 11.7 Å². The molecular formula is C16H25N3O2. The van der Waals surface area contributed by atoms with Crippen LogP contribution in [-0.4, -0.2) is 39.5 Å². The van der Waals surface area contributed by atoms with Gasteiger partial charge in [-0.2, -0.15) is 5.10 Å². The molecule has 0 bridgehead atoms. The number of hydrogen-bond acceptors (Lipinski definition) is 3. The van der Waals surface area contributed by atoms with Crippen molar-refractivity contribution in [3.05, 3.63) is 17.5 Å². The fraction of sp³-hybridized carbons (Fsp3) is 0.750. The van der Waals surface area contributed by atoms with Gasteiger partial charge < -0.3 is 9.64 Å². The predicted molar refractivity (Wildman–Crippen MR) is 80.2 cm³/mol. The first-order valence-corrected chi connectivity index (χ1v) is 7.68. The maximum absolute atomic E-state index is 12.0. The molecule has 1 aliphatic heterocycles. The third-order valence-corrected chi connectivity index (χ3v) is 4.43. The van der Waals surface area contributed by atoms with Crippen LogP contribution >= 0.6 is 0 Å². The number of amides is 1. The van der Waals surface area contributed by atoms with Crippen molar-refractivity contribution in [3.8, 4) is 0 Å². The highest BCUT2D eigenvalue weighted by Crippen LogP contribution is 2.54. The van der Waals surface area contributed by atoms with Crippen LogP contribution in [0, 0.1) is 19.3 Å². The largest absolute Gasteiger partial charge is 0.444 e. The molecule has 116 valence electrons. The maximum atomic E-state index is 12.0. The van der Waals surface area contributed by atoms with E-state index in [1.165, 1.54) is 5.69 Å². The van der Waals surface area contributed by atoms with Crippen molar-refractivity contribution >= 4 is 6.09 Å². The second kappa shape index (κ2) is 4.49. The third-order valence-electron chi connectivity index (χ3n) is 4.43. The minimum atomic E-state index is -0.411. The first kappa shape index (κ1) is 14.4. The molecule has 5 heteroatoms. The van der Waals surface area contributed by atoms with E-state index in [-0.39, 0.29) is 6.09 Å². The second-order valence-corrected chi connectivity index (χ2v) is 7.77. The summed E-state index contributed by atoms with van der Waals surface area (Å²) >= 11 is 0. The molecule has 1 aliphatic carbocycles. The molecule has 3 rings (SSSR count). The van der Waals surface area contributed by atoms with E-state index in [0.717, 1.165) is 31.6 Å². The minimum Gasteiger partial charge on any atom is -0.444 e. The Morgan fingerprint density at radius 1 is 1.33 bits per heavy atom. The smallest absolute Gasteiger partial charge is 0.410 e. The van der Waals surface area contributed by atoms with Gasteiger partial charge in [0.15, 0.2) is 0 Å². The summed E-state index contributed by atoms with van der Waals surface area (Å²) in [4.78, 5) is 13.8. The molecular weight excluding hydrogens is 266 g/mol. The van der Waals surface area contributed by atoms with Crippen molar-refractivity contribution in [1.29, 1.82) is 0 Å². The predicted octanol–water partition coefficient (Wildman–Crippen LogP) is 3.07. The van der Waals surface area contributed by atoms with Crippen LogP contribution in [0.5, 0.6) is 0 Å². The van der Waals surface area contributed by atoms with E-state index in [2.05, 4.69) is 22.8 Å². The highest BCUT2D eigenvalue weighted by Gasteiger charge is 2.55. The first-order valence-electron chi connectivity index (χ1n) is 7.68. The van der Waals surface area contributed by atoms with Crippen molar-refractivity contribution in [2.75, 3.05) is 13.1 Å². The molecule has 1 aromatic rings. The van der Waals surface area contributed by atoms with Crippen LogP contribution in [0.3, 0.4) is 0 Å². The van der Waals surface area contributed by atoms with Gasteiger partial charge in [-0.3, -0.25) is 4.68 Å². The average Bonchev–Trinajstić information content (AvgIpc) is 2.51.